The predicted molar refractivity (Wildman–Crippen MR) is 115 cm³/mol. The Kier molecular flexibility index (Phi) is 6.38. The summed E-state index contributed by atoms with van der Waals surface area (Å²) in [5.74, 6) is 0.0518. The van der Waals surface area contributed by atoms with E-state index in [-0.39, 0.29) is 17.9 Å². The molecule has 4 rings (SSSR count). The second kappa shape index (κ2) is 9.34. The summed E-state index contributed by atoms with van der Waals surface area (Å²) in [6, 6.07) is 7.89. The highest BCUT2D eigenvalue weighted by Gasteiger charge is 2.30. The molecule has 2 aliphatic rings. The molecule has 0 aliphatic carbocycles. The van der Waals surface area contributed by atoms with E-state index in [4.69, 9.17) is 4.98 Å². The maximum absolute atomic E-state index is 12.7. The molecule has 7 heteroatoms. The third kappa shape index (κ3) is 4.51. The zero-order valence-corrected chi connectivity index (χ0v) is 17.5. The maximum Gasteiger partial charge on any atom is 0.269 e. The number of carbonyl (C=O) groups is 2. The first-order valence-electron chi connectivity index (χ1n) is 10.8. The van der Waals surface area contributed by atoms with E-state index in [0.717, 1.165) is 62.1 Å². The van der Waals surface area contributed by atoms with Gasteiger partial charge in [0.1, 0.15) is 5.69 Å². The Morgan fingerprint density at radius 2 is 1.70 bits per heavy atom. The monoisotopic (exact) mass is 407 g/mol. The van der Waals surface area contributed by atoms with E-state index >= 15 is 0 Å². The molecule has 158 valence electrons. The molecule has 2 aromatic rings. The second-order valence-electron chi connectivity index (χ2n) is 8.05. The summed E-state index contributed by atoms with van der Waals surface area (Å²) in [5, 5.41) is 2.57. The molecule has 0 aromatic carbocycles. The number of carbonyl (C=O) groups excluding carboxylic acids is 2. The van der Waals surface area contributed by atoms with Crippen LogP contribution in [0.1, 0.15) is 54.3 Å². The number of nitrogens with zero attached hydrogens (tertiary/aromatic N) is 4. The Hall–Kier alpha value is -2.80. The summed E-state index contributed by atoms with van der Waals surface area (Å²) in [6.45, 7) is 3.23. The Morgan fingerprint density at radius 1 is 0.967 bits per heavy atom. The molecule has 1 N–H and O–H groups in total. The standard InChI is InChI=1S/C23H29N5O2/c1-24-23(30)20-10-8-18(15-26-20)17-7-9-19(25-14-17)21-6-5-13-28(21)16-22(29)27-11-3-2-4-12-27/h7-10,14-15,21H,2-6,11-13,16H2,1H3,(H,24,30)/t21-/m1/s1. The number of pyridine rings is 2. The van der Waals surface area contributed by atoms with Crippen LogP contribution < -0.4 is 5.32 Å². The number of hydrogen-bond acceptors (Lipinski definition) is 5. The Labute approximate surface area is 177 Å². The van der Waals surface area contributed by atoms with Crippen LogP contribution in [0.2, 0.25) is 0 Å². The van der Waals surface area contributed by atoms with Crippen LogP contribution in [0.5, 0.6) is 0 Å². The zero-order valence-electron chi connectivity index (χ0n) is 17.5. The molecule has 0 bridgehead atoms. The Morgan fingerprint density at radius 3 is 2.33 bits per heavy atom. The molecule has 7 nitrogen and oxygen atoms in total. The number of likely N-dealkylation sites (tertiary alicyclic amines) is 2. The van der Waals surface area contributed by atoms with Crippen molar-refractivity contribution in [1.29, 1.82) is 0 Å². The summed E-state index contributed by atoms with van der Waals surface area (Å²) in [4.78, 5) is 37.6. The zero-order chi connectivity index (χ0) is 20.9. The fourth-order valence-corrected chi connectivity index (χ4v) is 4.37. The number of amides is 2. The van der Waals surface area contributed by atoms with E-state index < -0.39 is 0 Å². The summed E-state index contributed by atoms with van der Waals surface area (Å²) in [5.41, 5.74) is 3.29. The molecule has 4 heterocycles. The molecule has 0 unspecified atom stereocenters. The Balaban J connectivity index is 1.42. The van der Waals surface area contributed by atoms with Crippen molar-refractivity contribution in [2.45, 2.75) is 38.1 Å². The van der Waals surface area contributed by atoms with Gasteiger partial charge in [-0.3, -0.25) is 24.5 Å². The van der Waals surface area contributed by atoms with Gasteiger partial charge in [0.15, 0.2) is 0 Å². The minimum absolute atomic E-state index is 0.196. The Bertz CT molecular complexity index is 875. The van der Waals surface area contributed by atoms with Crippen LogP contribution in [0, 0.1) is 0 Å². The fourth-order valence-electron chi connectivity index (χ4n) is 4.37. The highest BCUT2D eigenvalue weighted by molar-refractivity contribution is 5.92. The first-order chi connectivity index (χ1) is 14.7. The smallest absolute Gasteiger partial charge is 0.269 e. The van der Waals surface area contributed by atoms with Crippen LogP contribution in [0.15, 0.2) is 36.7 Å². The highest BCUT2D eigenvalue weighted by atomic mass is 16.2. The van der Waals surface area contributed by atoms with E-state index in [1.165, 1.54) is 6.42 Å². The van der Waals surface area contributed by atoms with Crippen LogP contribution in [0.25, 0.3) is 11.1 Å². The SMILES string of the molecule is CNC(=O)c1ccc(-c2ccc([C@H]3CCCN3CC(=O)N3CCCCC3)nc2)cn1. The number of aromatic nitrogens is 2. The average Bonchev–Trinajstić information content (AvgIpc) is 3.27. The lowest BCUT2D eigenvalue weighted by atomic mass is 10.1. The van der Waals surface area contributed by atoms with Gasteiger partial charge in [-0.1, -0.05) is 12.1 Å². The third-order valence-corrected chi connectivity index (χ3v) is 6.10. The molecular formula is C23H29N5O2. The van der Waals surface area contributed by atoms with Gasteiger partial charge in [-0.25, -0.2) is 0 Å². The third-order valence-electron chi connectivity index (χ3n) is 6.10. The lowest BCUT2D eigenvalue weighted by Gasteiger charge is -2.30. The van der Waals surface area contributed by atoms with Gasteiger partial charge in [0.2, 0.25) is 5.91 Å². The topological polar surface area (TPSA) is 78.4 Å². The van der Waals surface area contributed by atoms with Crippen molar-refractivity contribution in [3.05, 3.63) is 48.0 Å². The molecule has 1 atom stereocenters. The number of hydrogen-bond donors (Lipinski definition) is 1. The van der Waals surface area contributed by atoms with Crippen LogP contribution >= 0.6 is 0 Å². The van der Waals surface area contributed by atoms with Crippen LogP contribution in [0.4, 0.5) is 0 Å². The predicted octanol–water partition coefficient (Wildman–Crippen LogP) is 2.65. The lowest BCUT2D eigenvalue weighted by Crippen LogP contribution is -2.42. The molecule has 30 heavy (non-hydrogen) atoms. The van der Waals surface area contributed by atoms with E-state index in [0.29, 0.717) is 12.2 Å². The van der Waals surface area contributed by atoms with Crippen molar-refractivity contribution >= 4 is 11.8 Å². The largest absolute Gasteiger partial charge is 0.354 e. The number of piperidine rings is 1. The van der Waals surface area contributed by atoms with Crippen LogP contribution in [-0.2, 0) is 4.79 Å². The van der Waals surface area contributed by atoms with E-state index in [2.05, 4.69) is 21.3 Å². The van der Waals surface area contributed by atoms with Gasteiger partial charge in [0.05, 0.1) is 18.3 Å². The van der Waals surface area contributed by atoms with E-state index in [9.17, 15) is 9.59 Å². The van der Waals surface area contributed by atoms with Crippen molar-refractivity contribution in [3.8, 4) is 11.1 Å². The summed E-state index contributed by atoms with van der Waals surface area (Å²) < 4.78 is 0. The minimum Gasteiger partial charge on any atom is -0.354 e. The van der Waals surface area contributed by atoms with E-state index in [1.54, 1.807) is 19.3 Å². The van der Waals surface area contributed by atoms with Gasteiger partial charge >= 0.3 is 0 Å². The second-order valence-corrected chi connectivity index (χ2v) is 8.05. The lowest BCUT2D eigenvalue weighted by molar-refractivity contribution is -0.133. The van der Waals surface area contributed by atoms with E-state index in [1.807, 2.05) is 23.2 Å². The van der Waals surface area contributed by atoms with Crippen molar-refractivity contribution in [1.82, 2.24) is 25.1 Å². The highest BCUT2D eigenvalue weighted by Crippen LogP contribution is 2.31. The normalized spacial score (nSPS) is 19.6. The summed E-state index contributed by atoms with van der Waals surface area (Å²) >= 11 is 0. The molecule has 2 amide bonds. The summed E-state index contributed by atoms with van der Waals surface area (Å²) in [7, 11) is 1.59. The molecule has 2 aliphatic heterocycles. The maximum atomic E-state index is 12.7. The van der Waals surface area contributed by atoms with Crippen molar-refractivity contribution in [2.75, 3.05) is 33.2 Å². The number of nitrogens with one attached hydrogen (secondary N) is 1. The van der Waals surface area contributed by atoms with Crippen molar-refractivity contribution < 1.29 is 9.59 Å². The molecule has 2 aromatic heterocycles. The van der Waals surface area contributed by atoms with Crippen LogP contribution in [0.3, 0.4) is 0 Å². The van der Waals surface area contributed by atoms with Gasteiger partial charge in [-0.2, -0.15) is 0 Å². The van der Waals surface area contributed by atoms with Gasteiger partial charge in [0.25, 0.3) is 5.91 Å². The van der Waals surface area contributed by atoms with Crippen LogP contribution in [-0.4, -0.2) is 64.8 Å². The first kappa shape index (κ1) is 20.5. The molecular weight excluding hydrogens is 378 g/mol. The summed E-state index contributed by atoms with van der Waals surface area (Å²) in [6.07, 6.45) is 9.15. The van der Waals surface area contributed by atoms with Gasteiger partial charge < -0.3 is 10.2 Å². The quantitative estimate of drug-likeness (QED) is 0.824. The average molecular weight is 408 g/mol. The molecule has 0 saturated carbocycles. The molecule has 0 spiro atoms. The molecule has 2 saturated heterocycles. The molecule has 0 radical (unpaired) electrons. The fraction of sp³-hybridized carbons (Fsp3) is 0.478. The van der Waals surface area contributed by atoms with Gasteiger partial charge in [-0.05, 0) is 50.8 Å². The molecule has 2 fully saturated rings. The first-order valence-corrected chi connectivity index (χ1v) is 10.8. The van der Waals surface area contributed by atoms with Gasteiger partial charge in [-0.15, -0.1) is 0 Å². The van der Waals surface area contributed by atoms with Crippen molar-refractivity contribution in [2.24, 2.45) is 0 Å². The van der Waals surface area contributed by atoms with Gasteiger partial charge in [0, 0.05) is 43.7 Å². The minimum atomic E-state index is -0.199. The number of rotatable bonds is 5. The van der Waals surface area contributed by atoms with Crippen molar-refractivity contribution in [3.63, 3.8) is 0 Å².